The Labute approximate surface area is 200 Å². The minimum Gasteiger partial charge on any atom is -0.492 e. The van der Waals surface area contributed by atoms with Crippen molar-refractivity contribution >= 4 is 62.1 Å². The second-order valence-corrected chi connectivity index (χ2v) is 9.02. The number of rotatable bonds is 5. The number of aryl methyl sites for hydroxylation is 2. The Morgan fingerprint density at radius 1 is 1.12 bits per heavy atom. The summed E-state index contributed by atoms with van der Waals surface area (Å²) in [5, 5.41) is 3.58. The number of carbonyl (C=O) groups is 2. The van der Waals surface area contributed by atoms with E-state index in [1.165, 1.54) is 16.0 Å². The van der Waals surface area contributed by atoms with Crippen LogP contribution < -0.4 is 10.1 Å². The van der Waals surface area contributed by atoms with E-state index < -0.39 is 11.8 Å². The predicted octanol–water partition coefficient (Wildman–Crippen LogP) is 4.36. The first-order valence-corrected chi connectivity index (χ1v) is 11.3. The topological polar surface area (TPSA) is 63.6 Å². The molecule has 1 aromatic heterocycles. The molecule has 1 aliphatic rings. The number of hydrogen-bond acceptors (Lipinski definition) is 4. The molecule has 2 heterocycles. The normalized spacial score (nSPS) is 15.6. The molecular weight excluding hydrogens is 490 g/mol. The lowest BCUT2D eigenvalue weighted by Gasteiger charge is -2.24. The first-order chi connectivity index (χ1) is 15.2. The number of halogens is 1. The van der Waals surface area contributed by atoms with Crippen molar-refractivity contribution in [2.75, 3.05) is 13.7 Å². The van der Waals surface area contributed by atoms with Gasteiger partial charge in [-0.2, -0.15) is 0 Å². The third-order valence-corrected chi connectivity index (χ3v) is 6.43. The molecule has 32 heavy (non-hydrogen) atoms. The molecule has 0 aliphatic carbocycles. The molecule has 0 saturated carbocycles. The molecule has 2 amide bonds. The van der Waals surface area contributed by atoms with Crippen molar-refractivity contribution in [3.8, 4) is 5.75 Å². The smallest absolute Gasteiger partial charge is 0.265 e. The number of likely N-dealkylation sites (N-methyl/N-ethyl adjacent to an activating group) is 1. The fraction of sp³-hybridized carbons (Fsp3) is 0.208. The van der Waals surface area contributed by atoms with Gasteiger partial charge in [0.05, 0.1) is 6.54 Å². The maximum absolute atomic E-state index is 12.6. The lowest BCUT2D eigenvalue weighted by molar-refractivity contribution is -0.128. The van der Waals surface area contributed by atoms with E-state index in [1.54, 1.807) is 13.1 Å². The molecule has 8 heteroatoms. The molecule has 0 atom stereocenters. The van der Waals surface area contributed by atoms with Crippen LogP contribution in [-0.4, -0.2) is 40.0 Å². The molecule has 1 N–H and O–H groups in total. The summed E-state index contributed by atoms with van der Waals surface area (Å²) in [6.45, 7) is 5.22. The largest absolute Gasteiger partial charge is 0.492 e. The van der Waals surface area contributed by atoms with Crippen molar-refractivity contribution in [3.05, 3.63) is 69.3 Å². The lowest BCUT2D eigenvalue weighted by Crippen LogP contribution is -2.52. The van der Waals surface area contributed by atoms with E-state index >= 15 is 0 Å². The molecule has 1 fully saturated rings. The van der Waals surface area contributed by atoms with Crippen LogP contribution in [0.5, 0.6) is 5.75 Å². The molecule has 6 nitrogen and oxygen atoms in total. The molecule has 164 valence electrons. The number of benzene rings is 2. The van der Waals surface area contributed by atoms with Crippen LogP contribution in [0, 0.1) is 13.8 Å². The summed E-state index contributed by atoms with van der Waals surface area (Å²) in [6.07, 6.45) is 3.55. The number of aromatic nitrogens is 1. The summed E-state index contributed by atoms with van der Waals surface area (Å²) in [6, 6.07) is 12.0. The zero-order valence-corrected chi connectivity index (χ0v) is 20.3. The highest BCUT2D eigenvalue weighted by atomic mass is 79.9. The highest BCUT2D eigenvalue weighted by Gasteiger charge is 2.31. The summed E-state index contributed by atoms with van der Waals surface area (Å²) >= 11 is 8.54. The summed E-state index contributed by atoms with van der Waals surface area (Å²) < 4.78 is 8.93. The van der Waals surface area contributed by atoms with Crippen LogP contribution >= 0.6 is 28.1 Å². The van der Waals surface area contributed by atoms with Gasteiger partial charge >= 0.3 is 0 Å². The number of thiocarbonyl (C=S) groups is 1. The predicted molar refractivity (Wildman–Crippen MR) is 133 cm³/mol. The fourth-order valence-corrected chi connectivity index (χ4v) is 4.10. The van der Waals surface area contributed by atoms with Crippen molar-refractivity contribution < 1.29 is 14.3 Å². The van der Waals surface area contributed by atoms with Crippen molar-refractivity contribution in [2.45, 2.75) is 20.4 Å². The maximum Gasteiger partial charge on any atom is 0.265 e. The molecule has 0 bridgehead atoms. The third-order valence-electron chi connectivity index (χ3n) is 5.56. The van der Waals surface area contributed by atoms with Crippen LogP contribution in [0.25, 0.3) is 17.0 Å². The van der Waals surface area contributed by atoms with E-state index in [1.807, 2.05) is 42.6 Å². The Kier molecular flexibility index (Phi) is 6.17. The Morgan fingerprint density at radius 3 is 2.66 bits per heavy atom. The average molecular weight is 512 g/mol. The summed E-state index contributed by atoms with van der Waals surface area (Å²) in [7, 11) is 1.54. The van der Waals surface area contributed by atoms with E-state index in [9.17, 15) is 9.59 Å². The van der Waals surface area contributed by atoms with Gasteiger partial charge in [0.25, 0.3) is 11.8 Å². The second kappa shape index (κ2) is 8.88. The lowest BCUT2D eigenvalue weighted by atomic mass is 10.1. The van der Waals surface area contributed by atoms with E-state index in [2.05, 4.69) is 39.7 Å². The zero-order valence-electron chi connectivity index (χ0n) is 17.9. The average Bonchev–Trinajstić information content (AvgIpc) is 3.08. The molecular formula is C24H22BrN3O3S. The monoisotopic (exact) mass is 511 g/mol. The highest BCUT2D eigenvalue weighted by molar-refractivity contribution is 9.10. The minimum atomic E-state index is -0.493. The van der Waals surface area contributed by atoms with Crippen LogP contribution in [0.2, 0.25) is 0 Å². The van der Waals surface area contributed by atoms with Crippen LogP contribution in [0.1, 0.15) is 16.7 Å². The molecule has 0 spiro atoms. The first kappa shape index (κ1) is 22.2. The van der Waals surface area contributed by atoms with Crippen molar-refractivity contribution in [3.63, 3.8) is 0 Å². The van der Waals surface area contributed by atoms with Gasteiger partial charge in [0.1, 0.15) is 17.9 Å². The van der Waals surface area contributed by atoms with Crippen LogP contribution in [0.4, 0.5) is 0 Å². The van der Waals surface area contributed by atoms with Crippen LogP contribution in [0.3, 0.4) is 0 Å². The molecule has 3 aromatic rings. The van der Waals surface area contributed by atoms with Crippen LogP contribution in [-0.2, 0) is 16.1 Å². The molecule has 1 aliphatic heterocycles. The Morgan fingerprint density at radius 2 is 1.91 bits per heavy atom. The van der Waals surface area contributed by atoms with E-state index in [0.717, 1.165) is 26.7 Å². The zero-order chi connectivity index (χ0) is 23.0. The number of nitrogens with zero attached hydrogens (tertiary/aromatic N) is 2. The summed E-state index contributed by atoms with van der Waals surface area (Å²) in [4.78, 5) is 26.3. The molecule has 4 rings (SSSR count). The van der Waals surface area contributed by atoms with Gasteiger partial charge in [-0.3, -0.25) is 19.8 Å². The van der Waals surface area contributed by atoms with Gasteiger partial charge in [-0.25, -0.2) is 0 Å². The van der Waals surface area contributed by atoms with Gasteiger partial charge in [-0.05, 0) is 73.6 Å². The third kappa shape index (κ3) is 4.33. The molecule has 2 aromatic carbocycles. The minimum absolute atomic E-state index is 0.0477. The number of amides is 2. The fourth-order valence-electron chi connectivity index (χ4n) is 3.56. The summed E-state index contributed by atoms with van der Waals surface area (Å²) in [5.74, 6) is -0.0853. The van der Waals surface area contributed by atoms with Gasteiger partial charge in [-0.1, -0.05) is 22.0 Å². The standard InChI is InChI=1S/C24H22BrN3O3S/c1-14-4-6-18(10-15(14)2)31-9-8-28-13-16(19-12-17(25)5-7-21(19)28)11-20-22(29)26-24(32)27(3)23(20)30/h4-7,10-13H,8-9H2,1-3H3,(H,26,29,32)/b20-11-. The Bertz CT molecular complexity index is 1300. The van der Waals surface area contributed by atoms with Crippen molar-refractivity contribution in [1.82, 2.24) is 14.8 Å². The Balaban J connectivity index is 1.64. The van der Waals surface area contributed by atoms with Gasteiger partial charge in [-0.15, -0.1) is 0 Å². The molecule has 0 radical (unpaired) electrons. The van der Waals surface area contributed by atoms with Gasteiger partial charge in [0.2, 0.25) is 0 Å². The summed E-state index contributed by atoms with van der Waals surface area (Å²) in [5.41, 5.74) is 4.22. The van der Waals surface area contributed by atoms with Crippen molar-refractivity contribution in [1.29, 1.82) is 0 Å². The maximum atomic E-state index is 12.6. The number of hydrogen-bond donors (Lipinski definition) is 1. The molecule has 1 saturated heterocycles. The van der Waals surface area contributed by atoms with Crippen molar-refractivity contribution in [2.24, 2.45) is 0 Å². The number of fused-ring (bicyclic) bond motifs is 1. The second-order valence-electron chi connectivity index (χ2n) is 7.72. The number of carbonyl (C=O) groups excluding carboxylic acids is 2. The van der Waals surface area contributed by atoms with Crippen LogP contribution in [0.15, 0.2) is 52.6 Å². The SMILES string of the molecule is Cc1ccc(OCCn2cc(/C=C3/C(=O)NC(=S)N(C)C3=O)c3cc(Br)ccc32)cc1C. The quantitative estimate of drug-likeness (QED) is 0.314. The first-order valence-electron chi connectivity index (χ1n) is 10.1. The van der Waals surface area contributed by atoms with E-state index in [0.29, 0.717) is 13.2 Å². The highest BCUT2D eigenvalue weighted by Crippen LogP contribution is 2.28. The number of nitrogens with one attached hydrogen (secondary N) is 1. The van der Waals surface area contributed by atoms with E-state index in [4.69, 9.17) is 17.0 Å². The van der Waals surface area contributed by atoms with Gasteiger partial charge < -0.3 is 9.30 Å². The Hall–Kier alpha value is -2.97. The number of ether oxygens (including phenoxy) is 1. The van der Waals surface area contributed by atoms with E-state index in [-0.39, 0.29) is 10.7 Å². The molecule has 0 unspecified atom stereocenters. The van der Waals surface area contributed by atoms with Gasteiger partial charge in [0, 0.05) is 34.2 Å². The van der Waals surface area contributed by atoms with Gasteiger partial charge in [0.15, 0.2) is 5.11 Å².